The lowest BCUT2D eigenvalue weighted by Crippen LogP contribution is -2.39. The molecule has 2 rings (SSSR count). The number of carbonyl (C=O) groups is 1. The molecule has 1 fully saturated rings. The third-order valence-electron chi connectivity index (χ3n) is 4.06. The first-order valence-electron chi connectivity index (χ1n) is 6.05. The third kappa shape index (κ3) is 1.67. The Hall–Kier alpha value is -0.830. The SMILES string of the molecule is COCOC1=CC[C@@H]2CCCC[C@]12C(C)=O. The van der Waals surface area contributed by atoms with Crippen molar-refractivity contribution in [1.82, 2.24) is 0 Å². The maximum Gasteiger partial charge on any atom is 0.188 e. The van der Waals surface area contributed by atoms with E-state index in [2.05, 4.69) is 6.08 Å². The summed E-state index contributed by atoms with van der Waals surface area (Å²) in [7, 11) is 1.61. The van der Waals surface area contributed by atoms with Gasteiger partial charge in [-0.05, 0) is 38.2 Å². The topological polar surface area (TPSA) is 35.5 Å². The summed E-state index contributed by atoms with van der Waals surface area (Å²) in [6, 6.07) is 0. The standard InChI is InChI=1S/C13H20O3/c1-10(14)13-8-4-3-5-11(13)6-7-12(13)16-9-15-2/h7,11H,3-6,8-9H2,1-2H3/t11-,13+/m0/s1. The lowest BCUT2D eigenvalue weighted by Gasteiger charge is -2.39. The number of hydrogen-bond acceptors (Lipinski definition) is 3. The summed E-state index contributed by atoms with van der Waals surface area (Å²) in [5, 5.41) is 0. The van der Waals surface area contributed by atoms with Crippen LogP contribution in [-0.4, -0.2) is 19.7 Å². The van der Waals surface area contributed by atoms with Crippen molar-refractivity contribution in [2.24, 2.45) is 11.3 Å². The molecule has 0 N–H and O–H groups in total. The van der Waals surface area contributed by atoms with Crippen molar-refractivity contribution in [2.75, 3.05) is 13.9 Å². The molecule has 0 unspecified atom stereocenters. The van der Waals surface area contributed by atoms with Crippen molar-refractivity contribution in [2.45, 2.75) is 39.0 Å². The Labute approximate surface area is 96.8 Å². The van der Waals surface area contributed by atoms with Gasteiger partial charge in [0.2, 0.25) is 0 Å². The molecule has 2 aliphatic carbocycles. The summed E-state index contributed by atoms with van der Waals surface area (Å²) < 4.78 is 10.5. The van der Waals surface area contributed by atoms with Gasteiger partial charge in [0.15, 0.2) is 6.79 Å². The van der Waals surface area contributed by atoms with Gasteiger partial charge in [0.1, 0.15) is 11.5 Å². The molecule has 16 heavy (non-hydrogen) atoms. The van der Waals surface area contributed by atoms with E-state index in [1.54, 1.807) is 14.0 Å². The van der Waals surface area contributed by atoms with Crippen molar-refractivity contribution in [1.29, 1.82) is 0 Å². The molecule has 0 radical (unpaired) electrons. The summed E-state index contributed by atoms with van der Waals surface area (Å²) in [6.45, 7) is 1.95. The molecule has 0 saturated heterocycles. The predicted molar refractivity (Wildman–Crippen MR) is 60.7 cm³/mol. The molecule has 3 nitrogen and oxygen atoms in total. The fraction of sp³-hybridized carbons (Fsp3) is 0.769. The number of hydrogen-bond donors (Lipinski definition) is 0. The van der Waals surface area contributed by atoms with Crippen molar-refractivity contribution in [3.8, 4) is 0 Å². The highest BCUT2D eigenvalue weighted by Crippen LogP contribution is 2.53. The smallest absolute Gasteiger partial charge is 0.188 e. The van der Waals surface area contributed by atoms with E-state index in [1.807, 2.05) is 0 Å². The number of allylic oxidation sites excluding steroid dienone is 2. The molecule has 0 heterocycles. The van der Waals surface area contributed by atoms with E-state index < -0.39 is 0 Å². The zero-order valence-corrected chi connectivity index (χ0v) is 10.1. The van der Waals surface area contributed by atoms with Gasteiger partial charge in [0.05, 0.1) is 5.41 Å². The van der Waals surface area contributed by atoms with Crippen molar-refractivity contribution in [3.05, 3.63) is 11.8 Å². The van der Waals surface area contributed by atoms with E-state index in [1.165, 1.54) is 6.42 Å². The molecule has 0 spiro atoms. The van der Waals surface area contributed by atoms with Crippen LogP contribution in [0.2, 0.25) is 0 Å². The van der Waals surface area contributed by atoms with Gasteiger partial charge < -0.3 is 9.47 Å². The summed E-state index contributed by atoms with van der Waals surface area (Å²) in [6.07, 6.45) is 7.54. The second-order valence-electron chi connectivity index (χ2n) is 4.83. The number of carbonyl (C=O) groups excluding carboxylic acids is 1. The van der Waals surface area contributed by atoms with E-state index >= 15 is 0 Å². The van der Waals surface area contributed by atoms with Crippen LogP contribution in [0, 0.1) is 11.3 Å². The molecular formula is C13H20O3. The van der Waals surface area contributed by atoms with Gasteiger partial charge in [-0.25, -0.2) is 0 Å². The van der Waals surface area contributed by atoms with Crippen LogP contribution in [0.3, 0.4) is 0 Å². The number of methoxy groups -OCH3 is 1. The van der Waals surface area contributed by atoms with Crippen molar-refractivity contribution >= 4 is 5.78 Å². The third-order valence-corrected chi connectivity index (χ3v) is 4.06. The molecule has 2 atom stereocenters. The van der Waals surface area contributed by atoms with Gasteiger partial charge in [-0.3, -0.25) is 4.79 Å². The molecule has 90 valence electrons. The van der Waals surface area contributed by atoms with Crippen LogP contribution in [0.15, 0.2) is 11.8 Å². The highest BCUT2D eigenvalue weighted by atomic mass is 16.7. The second-order valence-corrected chi connectivity index (χ2v) is 4.83. The van der Waals surface area contributed by atoms with Gasteiger partial charge in [0, 0.05) is 7.11 Å². The molecule has 2 aliphatic rings. The zero-order chi connectivity index (χ0) is 11.6. The van der Waals surface area contributed by atoms with Gasteiger partial charge in [-0.15, -0.1) is 0 Å². The Balaban J connectivity index is 2.21. The Morgan fingerprint density at radius 1 is 1.56 bits per heavy atom. The van der Waals surface area contributed by atoms with Crippen LogP contribution in [0.25, 0.3) is 0 Å². The number of ketones is 1. The van der Waals surface area contributed by atoms with Crippen LogP contribution in [-0.2, 0) is 14.3 Å². The van der Waals surface area contributed by atoms with E-state index in [0.717, 1.165) is 31.4 Å². The summed E-state index contributed by atoms with van der Waals surface area (Å²) in [4.78, 5) is 12.0. The zero-order valence-electron chi connectivity index (χ0n) is 10.1. The fourth-order valence-corrected chi connectivity index (χ4v) is 3.27. The van der Waals surface area contributed by atoms with E-state index in [9.17, 15) is 4.79 Å². The summed E-state index contributed by atoms with van der Waals surface area (Å²) in [5.41, 5.74) is -0.323. The van der Waals surface area contributed by atoms with Crippen molar-refractivity contribution in [3.63, 3.8) is 0 Å². The van der Waals surface area contributed by atoms with E-state index in [-0.39, 0.29) is 18.0 Å². The molecule has 3 heteroatoms. The number of ether oxygens (including phenoxy) is 2. The lowest BCUT2D eigenvalue weighted by atomic mass is 9.65. The highest BCUT2D eigenvalue weighted by molar-refractivity contribution is 5.86. The molecule has 0 aromatic heterocycles. The quantitative estimate of drug-likeness (QED) is 0.689. The largest absolute Gasteiger partial charge is 0.471 e. The lowest BCUT2D eigenvalue weighted by molar-refractivity contribution is -0.132. The predicted octanol–water partition coefficient (Wildman–Crippen LogP) is 2.66. The first-order valence-corrected chi connectivity index (χ1v) is 6.05. The van der Waals surface area contributed by atoms with E-state index in [0.29, 0.717) is 5.92 Å². The second kappa shape index (κ2) is 4.58. The minimum atomic E-state index is -0.323. The first-order chi connectivity index (χ1) is 7.71. The maximum absolute atomic E-state index is 12.0. The van der Waals surface area contributed by atoms with Crippen LogP contribution in [0.5, 0.6) is 0 Å². The molecule has 0 amide bonds. The Bertz CT molecular complexity index is 308. The number of fused-ring (bicyclic) bond motifs is 1. The average Bonchev–Trinajstić information content (AvgIpc) is 2.66. The maximum atomic E-state index is 12.0. The molecule has 0 bridgehead atoms. The molecule has 0 aromatic carbocycles. The average molecular weight is 224 g/mol. The Morgan fingerprint density at radius 2 is 2.38 bits per heavy atom. The van der Waals surface area contributed by atoms with Gasteiger partial charge >= 0.3 is 0 Å². The number of rotatable bonds is 4. The van der Waals surface area contributed by atoms with Crippen LogP contribution in [0.4, 0.5) is 0 Å². The monoisotopic (exact) mass is 224 g/mol. The van der Waals surface area contributed by atoms with Crippen LogP contribution < -0.4 is 0 Å². The highest BCUT2D eigenvalue weighted by Gasteiger charge is 2.51. The molecule has 1 saturated carbocycles. The summed E-state index contributed by atoms with van der Waals surface area (Å²) in [5.74, 6) is 1.59. The van der Waals surface area contributed by atoms with Crippen molar-refractivity contribution < 1.29 is 14.3 Å². The Kier molecular flexibility index (Phi) is 3.33. The minimum Gasteiger partial charge on any atom is -0.471 e. The minimum absolute atomic E-state index is 0.244. The van der Waals surface area contributed by atoms with Crippen LogP contribution in [0.1, 0.15) is 39.0 Å². The molecule has 0 aliphatic heterocycles. The van der Waals surface area contributed by atoms with Crippen LogP contribution >= 0.6 is 0 Å². The van der Waals surface area contributed by atoms with Gasteiger partial charge in [-0.2, -0.15) is 0 Å². The number of Topliss-reactive ketones (excluding diaryl/α,β-unsaturated/α-hetero) is 1. The van der Waals surface area contributed by atoms with Gasteiger partial charge in [0.25, 0.3) is 0 Å². The van der Waals surface area contributed by atoms with E-state index in [4.69, 9.17) is 9.47 Å². The first kappa shape index (κ1) is 11.6. The van der Waals surface area contributed by atoms with Gasteiger partial charge in [-0.1, -0.05) is 12.8 Å². The summed E-state index contributed by atoms with van der Waals surface area (Å²) >= 11 is 0. The molecular weight excluding hydrogens is 204 g/mol. The normalized spacial score (nSPS) is 33.1. The molecule has 0 aromatic rings. The Morgan fingerprint density at radius 3 is 3.06 bits per heavy atom. The fourth-order valence-electron chi connectivity index (χ4n) is 3.27.